The minimum atomic E-state index is -0.0769. The molecule has 0 saturated heterocycles. The van der Waals surface area contributed by atoms with Gasteiger partial charge in [-0.2, -0.15) is 0 Å². The van der Waals surface area contributed by atoms with E-state index in [1.807, 2.05) is 73.6 Å². The fraction of sp³-hybridized carbons (Fsp3) is 0.240. The molecule has 4 rings (SSSR count). The molecule has 0 saturated carbocycles. The summed E-state index contributed by atoms with van der Waals surface area (Å²) in [6, 6.07) is 19.5. The van der Waals surface area contributed by atoms with Crippen molar-refractivity contribution < 1.29 is 9.59 Å². The van der Waals surface area contributed by atoms with Crippen LogP contribution in [0.15, 0.2) is 76.8 Å². The van der Waals surface area contributed by atoms with Crippen molar-refractivity contribution in [3.05, 3.63) is 78.0 Å². The zero-order valence-corrected chi connectivity index (χ0v) is 19.1. The largest absolute Gasteiger partial charge is 0.378 e. The van der Waals surface area contributed by atoms with Gasteiger partial charge in [0.25, 0.3) is 5.91 Å². The number of hydrogen-bond acceptors (Lipinski definition) is 5. The Morgan fingerprint density at radius 1 is 1.06 bits per heavy atom. The molecule has 6 nitrogen and oxygen atoms in total. The number of para-hydroxylation sites is 1. The highest BCUT2D eigenvalue weighted by Gasteiger charge is 2.27. The third kappa shape index (κ3) is 4.94. The van der Waals surface area contributed by atoms with Gasteiger partial charge in [-0.05, 0) is 48.4 Å². The number of carbonyl (C=O) groups excluding carboxylic acids is 2. The number of carbonyl (C=O) groups is 2. The molecule has 2 aromatic carbocycles. The van der Waals surface area contributed by atoms with Gasteiger partial charge in [0.1, 0.15) is 5.03 Å². The van der Waals surface area contributed by atoms with Gasteiger partial charge in [-0.1, -0.05) is 36.0 Å². The molecule has 1 aliphatic rings. The molecule has 0 atom stereocenters. The van der Waals surface area contributed by atoms with E-state index < -0.39 is 0 Å². The summed E-state index contributed by atoms with van der Waals surface area (Å²) in [5, 5.41) is 3.69. The van der Waals surface area contributed by atoms with Crippen LogP contribution < -0.4 is 15.1 Å². The predicted molar refractivity (Wildman–Crippen MR) is 128 cm³/mol. The van der Waals surface area contributed by atoms with Crippen molar-refractivity contribution in [1.29, 1.82) is 0 Å². The zero-order chi connectivity index (χ0) is 22.5. The van der Waals surface area contributed by atoms with Crippen LogP contribution in [0.3, 0.4) is 0 Å². The second-order valence-corrected chi connectivity index (χ2v) is 8.85. The molecule has 1 N–H and O–H groups in total. The first kappa shape index (κ1) is 21.9. The van der Waals surface area contributed by atoms with Gasteiger partial charge in [0.15, 0.2) is 0 Å². The van der Waals surface area contributed by atoms with Gasteiger partial charge in [0.05, 0.1) is 11.3 Å². The van der Waals surface area contributed by atoms with E-state index >= 15 is 0 Å². The fourth-order valence-electron chi connectivity index (χ4n) is 3.58. The number of pyridine rings is 1. The second-order valence-electron chi connectivity index (χ2n) is 7.82. The number of nitrogens with zero attached hydrogens (tertiary/aromatic N) is 3. The van der Waals surface area contributed by atoms with Crippen molar-refractivity contribution in [2.45, 2.75) is 29.3 Å². The number of amides is 2. The van der Waals surface area contributed by atoms with E-state index in [2.05, 4.69) is 10.3 Å². The van der Waals surface area contributed by atoms with Gasteiger partial charge < -0.3 is 15.1 Å². The highest BCUT2D eigenvalue weighted by atomic mass is 32.2. The Kier molecular flexibility index (Phi) is 6.75. The number of rotatable bonds is 7. The van der Waals surface area contributed by atoms with Crippen molar-refractivity contribution in [1.82, 2.24) is 10.3 Å². The van der Waals surface area contributed by atoms with Gasteiger partial charge in [-0.3, -0.25) is 9.59 Å². The summed E-state index contributed by atoms with van der Waals surface area (Å²) in [7, 11) is 4.00. The molecule has 3 aromatic rings. The zero-order valence-electron chi connectivity index (χ0n) is 18.2. The lowest BCUT2D eigenvalue weighted by molar-refractivity contribution is -0.121. The van der Waals surface area contributed by atoms with E-state index in [4.69, 9.17) is 0 Å². The number of aromatic nitrogens is 1. The first-order valence-electron chi connectivity index (χ1n) is 10.6. The molecule has 164 valence electrons. The van der Waals surface area contributed by atoms with Crippen LogP contribution in [0.1, 0.15) is 28.8 Å². The highest BCUT2D eigenvalue weighted by Crippen LogP contribution is 2.40. The topological polar surface area (TPSA) is 65.5 Å². The van der Waals surface area contributed by atoms with E-state index in [9.17, 15) is 9.59 Å². The van der Waals surface area contributed by atoms with Gasteiger partial charge in [0.2, 0.25) is 5.91 Å². The Morgan fingerprint density at radius 3 is 2.62 bits per heavy atom. The van der Waals surface area contributed by atoms with Crippen molar-refractivity contribution in [2.75, 3.05) is 30.4 Å². The lowest BCUT2D eigenvalue weighted by atomic mass is 10.1. The predicted octanol–water partition coefficient (Wildman–Crippen LogP) is 4.36. The molecular formula is C25H26N4O2S. The maximum Gasteiger partial charge on any atom is 0.261 e. The number of fused-ring (bicyclic) bond motifs is 2. The van der Waals surface area contributed by atoms with Crippen molar-refractivity contribution in [3.63, 3.8) is 0 Å². The maximum absolute atomic E-state index is 13.2. The molecule has 32 heavy (non-hydrogen) atoms. The smallest absolute Gasteiger partial charge is 0.261 e. The van der Waals surface area contributed by atoms with Crippen LogP contribution >= 0.6 is 11.8 Å². The van der Waals surface area contributed by atoms with Crippen LogP contribution in [0.2, 0.25) is 0 Å². The summed E-state index contributed by atoms with van der Waals surface area (Å²) in [6.45, 7) is 0.962. The van der Waals surface area contributed by atoms with Crippen LogP contribution in [0.5, 0.6) is 0 Å². The molecule has 7 heteroatoms. The molecule has 1 aromatic heterocycles. The van der Waals surface area contributed by atoms with Crippen molar-refractivity contribution in [3.8, 4) is 0 Å². The lowest BCUT2D eigenvalue weighted by Gasteiger charge is -2.22. The Labute approximate surface area is 192 Å². The number of anilines is 2. The number of hydrogen-bond donors (Lipinski definition) is 1. The van der Waals surface area contributed by atoms with E-state index in [1.165, 1.54) is 11.8 Å². The Morgan fingerprint density at radius 2 is 1.84 bits per heavy atom. The standard InChI is InChI=1S/C25H26N4O2S/c1-28(2)19-13-11-18(12-14-19)17-27-23(30)10-6-16-29-21-8-3-4-9-22(21)32-24-20(25(29)31)7-5-15-26-24/h3-5,7-9,11-15H,6,10,16-17H2,1-2H3,(H,27,30). The van der Waals surface area contributed by atoms with Gasteiger partial charge in [-0.15, -0.1) is 0 Å². The molecule has 2 amide bonds. The summed E-state index contributed by atoms with van der Waals surface area (Å²) in [6.07, 6.45) is 2.64. The van der Waals surface area contributed by atoms with Crippen LogP contribution in [-0.4, -0.2) is 37.4 Å². The average Bonchev–Trinajstić information content (AvgIpc) is 2.92. The van der Waals surface area contributed by atoms with E-state index in [-0.39, 0.29) is 11.8 Å². The van der Waals surface area contributed by atoms with Crippen molar-refractivity contribution >= 4 is 35.0 Å². The van der Waals surface area contributed by atoms with Gasteiger partial charge in [-0.25, -0.2) is 4.98 Å². The van der Waals surface area contributed by atoms with E-state index in [0.717, 1.165) is 21.8 Å². The Hall–Kier alpha value is -3.32. The summed E-state index contributed by atoms with van der Waals surface area (Å²) in [4.78, 5) is 34.8. The molecule has 1 aliphatic heterocycles. The highest BCUT2D eigenvalue weighted by molar-refractivity contribution is 7.99. The summed E-state index contributed by atoms with van der Waals surface area (Å²) >= 11 is 1.50. The summed E-state index contributed by atoms with van der Waals surface area (Å²) < 4.78 is 0. The molecule has 2 heterocycles. The van der Waals surface area contributed by atoms with Crippen molar-refractivity contribution in [2.24, 2.45) is 0 Å². The van der Waals surface area contributed by atoms with Gasteiger partial charge in [0, 0.05) is 50.4 Å². The summed E-state index contributed by atoms with van der Waals surface area (Å²) in [5.41, 5.74) is 3.64. The minimum Gasteiger partial charge on any atom is -0.378 e. The normalized spacial score (nSPS) is 12.6. The quantitative estimate of drug-likeness (QED) is 0.584. The average molecular weight is 447 g/mol. The minimum absolute atomic E-state index is 0.0197. The molecule has 0 unspecified atom stereocenters. The molecule has 0 fully saturated rings. The second kappa shape index (κ2) is 9.87. The first-order valence-corrected chi connectivity index (χ1v) is 11.4. The van der Waals surface area contributed by atoms with Gasteiger partial charge >= 0.3 is 0 Å². The maximum atomic E-state index is 13.2. The number of benzene rings is 2. The van der Waals surface area contributed by atoms with Crippen LogP contribution in [0.4, 0.5) is 11.4 Å². The third-order valence-electron chi connectivity index (χ3n) is 5.34. The molecule has 0 radical (unpaired) electrons. The summed E-state index contributed by atoms with van der Waals surface area (Å²) in [5.74, 6) is -0.0966. The third-order valence-corrected chi connectivity index (χ3v) is 6.42. The van der Waals surface area contributed by atoms with Crippen LogP contribution in [0.25, 0.3) is 0 Å². The lowest BCUT2D eigenvalue weighted by Crippen LogP contribution is -2.33. The first-order chi connectivity index (χ1) is 15.5. The van der Waals surface area contributed by atoms with E-state index in [0.29, 0.717) is 36.5 Å². The number of nitrogens with one attached hydrogen (secondary N) is 1. The van der Waals surface area contributed by atoms with Crippen LogP contribution in [-0.2, 0) is 11.3 Å². The van der Waals surface area contributed by atoms with Crippen LogP contribution in [0, 0.1) is 0 Å². The Bertz CT molecular complexity index is 1110. The molecule has 0 aliphatic carbocycles. The molecular weight excluding hydrogens is 420 g/mol. The molecule has 0 spiro atoms. The SMILES string of the molecule is CN(C)c1ccc(CNC(=O)CCCN2C(=O)c3cccnc3Sc3ccccc32)cc1. The Balaban J connectivity index is 1.36. The molecule has 0 bridgehead atoms. The fourth-order valence-corrected chi connectivity index (χ4v) is 4.60. The monoisotopic (exact) mass is 446 g/mol. The van der Waals surface area contributed by atoms with E-state index in [1.54, 1.807) is 17.2 Å².